The normalized spacial score (nSPS) is 18.4. The van der Waals surface area contributed by atoms with Gasteiger partial charge in [0.2, 0.25) is 0 Å². The smallest absolute Gasteiger partial charge is 0.152 e. The van der Waals surface area contributed by atoms with E-state index in [1.54, 1.807) is 0 Å². The predicted octanol–water partition coefficient (Wildman–Crippen LogP) is 2.50. The molecule has 0 radical (unpaired) electrons. The van der Waals surface area contributed by atoms with Gasteiger partial charge in [0.1, 0.15) is 5.50 Å². The first-order valence-corrected chi connectivity index (χ1v) is 7.13. The highest BCUT2D eigenvalue weighted by atomic mass is 35.5. The molecule has 0 bridgehead atoms. The summed E-state index contributed by atoms with van der Waals surface area (Å²) in [5.41, 5.74) is 4.80. The topological polar surface area (TPSA) is 23.6 Å². The summed E-state index contributed by atoms with van der Waals surface area (Å²) in [6, 6.07) is 4.45. The second kappa shape index (κ2) is 5.93. The molecular formula is C15H21ClN2O. The van der Waals surface area contributed by atoms with Crippen LogP contribution in [0, 0.1) is 20.8 Å². The van der Waals surface area contributed by atoms with Crippen LogP contribution in [0.3, 0.4) is 0 Å². The van der Waals surface area contributed by atoms with Crippen molar-refractivity contribution in [3.05, 3.63) is 28.8 Å². The van der Waals surface area contributed by atoms with Gasteiger partial charge in [0.25, 0.3) is 0 Å². The molecule has 1 fully saturated rings. The quantitative estimate of drug-likeness (QED) is 0.483. The number of piperazine rings is 1. The van der Waals surface area contributed by atoms with Crippen LogP contribution in [-0.4, -0.2) is 42.9 Å². The van der Waals surface area contributed by atoms with Gasteiger partial charge in [-0.15, -0.1) is 0 Å². The monoisotopic (exact) mass is 280 g/mol. The second-order valence-corrected chi connectivity index (χ2v) is 5.73. The minimum atomic E-state index is -0.484. The van der Waals surface area contributed by atoms with E-state index in [0.29, 0.717) is 0 Å². The average molecular weight is 281 g/mol. The van der Waals surface area contributed by atoms with Gasteiger partial charge in [-0.1, -0.05) is 29.3 Å². The van der Waals surface area contributed by atoms with Crippen molar-refractivity contribution < 1.29 is 4.79 Å². The number of carbonyl (C=O) groups is 1. The van der Waals surface area contributed by atoms with Crippen molar-refractivity contribution in [1.29, 1.82) is 0 Å². The fraction of sp³-hybridized carbons (Fsp3) is 0.533. The molecule has 0 N–H and O–H groups in total. The molecule has 1 atom stereocenters. The van der Waals surface area contributed by atoms with Gasteiger partial charge in [-0.05, 0) is 31.9 Å². The molecule has 1 aliphatic rings. The summed E-state index contributed by atoms with van der Waals surface area (Å²) in [7, 11) is 0. The minimum absolute atomic E-state index is 0.484. The zero-order valence-electron chi connectivity index (χ0n) is 11.8. The number of carbonyl (C=O) groups excluding carboxylic acids is 1. The Morgan fingerprint density at radius 1 is 1.11 bits per heavy atom. The highest BCUT2D eigenvalue weighted by molar-refractivity contribution is 6.27. The van der Waals surface area contributed by atoms with Crippen molar-refractivity contribution in [2.24, 2.45) is 0 Å². The molecule has 0 aromatic heterocycles. The van der Waals surface area contributed by atoms with E-state index in [1.807, 2.05) is 4.90 Å². The van der Waals surface area contributed by atoms with Gasteiger partial charge in [0.05, 0.1) is 0 Å². The Morgan fingerprint density at radius 3 is 2.11 bits per heavy atom. The van der Waals surface area contributed by atoms with Gasteiger partial charge in [-0.25, -0.2) is 0 Å². The Bertz CT molecular complexity index is 444. The number of rotatable bonds is 3. The largest absolute Gasteiger partial charge is 0.369 e. The predicted molar refractivity (Wildman–Crippen MR) is 80.1 cm³/mol. The molecule has 2 rings (SSSR count). The van der Waals surface area contributed by atoms with Crippen molar-refractivity contribution in [3.63, 3.8) is 0 Å². The highest BCUT2D eigenvalue weighted by Crippen LogP contribution is 2.27. The molecule has 3 nitrogen and oxygen atoms in total. The maximum Gasteiger partial charge on any atom is 0.152 e. The van der Waals surface area contributed by atoms with Crippen LogP contribution in [0.15, 0.2) is 12.1 Å². The van der Waals surface area contributed by atoms with E-state index in [2.05, 4.69) is 37.8 Å². The van der Waals surface area contributed by atoms with Gasteiger partial charge in [-0.3, -0.25) is 4.90 Å². The molecular weight excluding hydrogens is 260 g/mol. The van der Waals surface area contributed by atoms with Crippen molar-refractivity contribution in [2.75, 3.05) is 31.1 Å². The third-order valence-corrected chi connectivity index (χ3v) is 4.11. The molecule has 1 aromatic rings. The number of hydrogen-bond donors (Lipinski definition) is 0. The molecule has 1 heterocycles. The fourth-order valence-corrected chi connectivity index (χ4v) is 3.14. The average Bonchev–Trinajstić information content (AvgIpc) is 2.37. The Morgan fingerprint density at radius 2 is 1.63 bits per heavy atom. The number of alkyl halides is 1. The van der Waals surface area contributed by atoms with Gasteiger partial charge < -0.3 is 9.69 Å². The van der Waals surface area contributed by atoms with Crippen molar-refractivity contribution in [2.45, 2.75) is 26.3 Å². The number of aldehydes is 1. The van der Waals surface area contributed by atoms with Gasteiger partial charge in [0.15, 0.2) is 6.29 Å². The van der Waals surface area contributed by atoms with E-state index in [1.165, 1.54) is 22.4 Å². The lowest BCUT2D eigenvalue weighted by Crippen LogP contribution is -2.49. The van der Waals surface area contributed by atoms with E-state index in [4.69, 9.17) is 11.6 Å². The number of benzene rings is 1. The summed E-state index contributed by atoms with van der Waals surface area (Å²) < 4.78 is 0. The second-order valence-electron chi connectivity index (χ2n) is 5.28. The first kappa shape index (κ1) is 14.4. The van der Waals surface area contributed by atoms with E-state index < -0.39 is 5.50 Å². The van der Waals surface area contributed by atoms with E-state index in [9.17, 15) is 4.79 Å². The summed E-state index contributed by atoms with van der Waals surface area (Å²) >= 11 is 5.96. The van der Waals surface area contributed by atoms with Crippen molar-refractivity contribution in [3.8, 4) is 0 Å². The third-order valence-electron chi connectivity index (χ3n) is 3.73. The molecule has 104 valence electrons. The zero-order chi connectivity index (χ0) is 14.0. The number of aryl methyl sites for hydroxylation is 3. The summed E-state index contributed by atoms with van der Waals surface area (Å²) in [4.78, 5) is 15.1. The molecule has 0 saturated carbocycles. The standard InChI is InChI=1S/C15H21ClN2O/c1-11-8-12(2)15(13(3)9-11)18-6-4-17(5-7-18)14(16)10-19/h8-10,14H,4-7H2,1-3H3. The maximum atomic E-state index is 10.7. The van der Waals surface area contributed by atoms with Crippen molar-refractivity contribution in [1.82, 2.24) is 4.90 Å². The van der Waals surface area contributed by atoms with Crippen molar-refractivity contribution >= 4 is 23.6 Å². The Hall–Kier alpha value is -1.06. The molecule has 0 amide bonds. The van der Waals surface area contributed by atoms with Crippen LogP contribution >= 0.6 is 11.6 Å². The van der Waals surface area contributed by atoms with Crippen LogP contribution in [0.5, 0.6) is 0 Å². The lowest BCUT2D eigenvalue weighted by Gasteiger charge is -2.38. The zero-order valence-corrected chi connectivity index (χ0v) is 12.6. The fourth-order valence-electron chi connectivity index (χ4n) is 2.95. The number of hydrogen-bond acceptors (Lipinski definition) is 3. The summed E-state index contributed by atoms with van der Waals surface area (Å²) in [6.07, 6.45) is 0.805. The molecule has 1 unspecified atom stereocenters. The van der Waals surface area contributed by atoms with Gasteiger partial charge in [-0.2, -0.15) is 0 Å². The van der Waals surface area contributed by atoms with Crippen LogP contribution in [0.1, 0.15) is 16.7 Å². The van der Waals surface area contributed by atoms with E-state index in [0.717, 1.165) is 32.5 Å². The molecule has 1 aliphatic heterocycles. The third kappa shape index (κ3) is 3.10. The molecule has 0 aliphatic carbocycles. The lowest BCUT2D eigenvalue weighted by molar-refractivity contribution is -0.110. The van der Waals surface area contributed by atoms with E-state index in [-0.39, 0.29) is 0 Å². The highest BCUT2D eigenvalue weighted by Gasteiger charge is 2.23. The summed E-state index contributed by atoms with van der Waals surface area (Å²) in [5.74, 6) is 0. The molecule has 1 saturated heterocycles. The molecule has 0 spiro atoms. The Labute approximate surface area is 120 Å². The number of anilines is 1. The SMILES string of the molecule is Cc1cc(C)c(N2CCN(C(Cl)C=O)CC2)c(C)c1. The van der Waals surface area contributed by atoms with Gasteiger partial charge >= 0.3 is 0 Å². The summed E-state index contributed by atoms with van der Waals surface area (Å²) in [6.45, 7) is 9.96. The van der Waals surface area contributed by atoms with Gasteiger partial charge in [0, 0.05) is 31.9 Å². The summed E-state index contributed by atoms with van der Waals surface area (Å²) in [5, 5.41) is 0. The van der Waals surface area contributed by atoms with E-state index >= 15 is 0 Å². The van der Waals surface area contributed by atoms with Crippen LogP contribution in [0.2, 0.25) is 0 Å². The van der Waals surface area contributed by atoms with Crippen LogP contribution < -0.4 is 4.90 Å². The molecule has 19 heavy (non-hydrogen) atoms. The number of halogens is 1. The Kier molecular flexibility index (Phi) is 4.48. The maximum absolute atomic E-state index is 10.7. The molecule has 1 aromatic carbocycles. The van der Waals surface area contributed by atoms with Crippen LogP contribution in [-0.2, 0) is 4.79 Å². The lowest BCUT2D eigenvalue weighted by atomic mass is 10.0. The Balaban J connectivity index is 2.12. The van der Waals surface area contributed by atoms with Crippen LogP contribution in [0.4, 0.5) is 5.69 Å². The number of nitrogens with zero attached hydrogens (tertiary/aromatic N) is 2. The first-order chi connectivity index (χ1) is 9.02. The van der Waals surface area contributed by atoms with Crippen LogP contribution in [0.25, 0.3) is 0 Å². The molecule has 4 heteroatoms. The minimum Gasteiger partial charge on any atom is -0.369 e. The first-order valence-electron chi connectivity index (χ1n) is 6.69.